The van der Waals surface area contributed by atoms with Crippen molar-refractivity contribution >= 4 is 28.9 Å². The molecular weight excluding hydrogens is 539 g/mol. The predicted octanol–water partition coefficient (Wildman–Crippen LogP) is 2.93. The third kappa shape index (κ3) is 5.50. The second-order valence-electron chi connectivity index (χ2n) is 8.28. The van der Waals surface area contributed by atoms with Crippen molar-refractivity contribution in [1.82, 2.24) is 19.8 Å². The summed E-state index contributed by atoms with van der Waals surface area (Å²) in [6.07, 6.45) is -7.16. The smallest absolute Gasteiger partial charge is 0.327 e. The minimum absolute atomic E-state index is 0.0167. The van der Waals surface area contributed by atoms with E-state index in [1.165, 1.54) is 11.3 Å². The minimum Gasteiger partial charge on any atom is -0.327 e. The highest BCUT2D eigenvalue weighted by Crippen LogP contribution is 2.38. The molecule has 38 heavy (non-hydrogen) atoms. The molecule has 4 rings (SSSR count). The number of aryl methyl sites for hydroxylation is 2. The van der Waals surface area contributed by atoms with Crippen molar-refractivity contribution in [1.29, 1.82) is 0 Å². The van der Waals surface area contributed by atoms with Crippen LogP contribution < -0.4 is 16.5 Å². The molecule has 0 saturated carbocycles. The fourth-order valence-electron chi connectivity index (χ4n) is 3.83. The van der Waals surface area contributed by atoms with Gasteiger partial charge in [0.2, 0.25) is 0 Å². The van der Waals surface area contributed by atoms with Crippen molar-refractivity contribution in [3.63, 3.8) is 0 Å². The highest BCUT2D eigenvalue weighted by atomic mass is 32.1. The molecule has 2 aromatic heterocycles. The Balaban J connectivity index is 1.56. The van der Waals surface area contributed by atoms with Gasteiger partial charge in [-0.1, -0.05) is 0 Å². The molecule has 1 aliphatic heterocycles. The van der Waals surface area contributed by atoms with Crippen LogP contribution in [0.5, 0.6) is 0 Å². The summed E-state index contributed by atoms with van der Waals surface area (Å²) in [4.78, 5) is 41.9. The Labute approximate surface area is 214 Å². The molecule has 2 N–H and O–H groups in total. The van der Waals surface area contributed by atoms with Crippen LogP contribution in [0.25, 0.3) is 10.4 Å². The first-order valence-electron chi connectivity index (χ1n) is 11.0. The van der Waals surface area contributed by atoms with Gasteiger partial charge in [-0.2, -0.15) is 31.3 Å². The maximum absolute atomic E-state index is 12.9. The molecule has 3 heterocycles. The van der Waals surface area contributed by atoms with Crippen molar-refractivity contribution in [2.24, 2.45) is 5.73 Å². The van der Waals surface area contributed by atoms with Crippen LogP contribution in [0.1, 0.15) is 22.4 Å². The number of carbonyl (C=O) groups excluding carboxylic acids is 2. The van der Waals surface area contributed by atoms with Crippen LogP contribution >= 0.6 is 11.3 Å². The Hall–Kier alpha value is -3.92. The average molecular weight is 558 g/mol. The maximum atomic E-state index is 12.9. The van der Waals surface area contributed by atoms with Gasteiger partial charge < -0.3 is 10.6 Å². The average Bonchev–Trinajstić information content (AvgIpc) is 3.45. The number of nitrogens with two attached hydrogens (primary N) is 1. The molecule has 0 unspecified atom stereocenters. The molecule has 10 nitrogen and oxygen atoms in total. The molecule has 0 spiro atoms. The highest BCUT2D eigenvalue weighted by molar-refractivity contribution is 7.15. The fraction of sp³-hybridized carbons (Fsp3) is 0.318. The van der Waals surface area contributed by atoms with Gasteiger partial charge in [0.05, 0.1) is 18.8 Å². The Morgan fingerprint density at radius 1 is 1.13 bits per heavy atom. The first-order chi connectivity index (χ1) is 17.9. The van der Waals surface area contributed by atoms with E-state index in [1.807, 2.05) is 0 Å². The number of amides is 1. The van der Waals surface area contributed by atoms with Gasteiger partial charge in [0.15, 0.2) is 0 Å². The van der Waals surface area contributed by atoms with Crippen LogP contribution in [-0.4, -0.2) is 44.4 Å². The van der Waals surface area contributed by atoms with Crippen molar-refractivity contribution in [2.75, 3.05) is 11.6 Å². The number of aromatic nitrogens is 4. The van der Waals surface area contributed by atoms with E-state index in [0.717, 1.165) is 14.2 Å². The van der Waals surface area contributed by atoms with Crippen LogP contribution in [0.2, 0.25) is 0 Å². The lowest BCUT2D eigenvalue weighted by molar-refractivity contribution is -0.201. The van der Waals surface area contributed by atoms with Crippen LogP contribution in [0.3, 0.4) is 0 Å². The normalized spacial score (nSPS) is 13.4. The lowest BCUT2D eigenvalue weighted by atomic mass is 9.96. The summed E-state index contributed by atoms with van der Waals surface area (Å²) in [7, 11) is 0. The molecule has 1 amide bonds. The summed E-state index contributed by atoms with van der Waals surface area (Å²) in [6, 6.07) is 6.82. The number of hydrogen-bond acceptors (Lipinski definition) is 8. The van der Waals surface area contributed by atoms with Crippen LogP contribution in [0.4, 0.5) is 27.6 Å². The zero-order chi connectivity index (χ0) is 27.8. The summed E-state index contributed by atoms with van der Waals surface area (Å²) in [5.41, 5.74) is 5.85. The van der Waals surface area contributed by atoms with Crippen LogP contribution in [0, 0.1) is 6.92 Å². The van der Waals surface area contributed by atoms with E-state index in [9.17, 15) is 36.3 Å². The second-order valence-corrected chi connectivity index (χ2v) is 9.44. The fourth-order valence-corrected chi connectivity index (χ4v) is 4.81. The third-order valence-corrected chi connectivity index (χ3v) is 6.75. The quantitative estimate of drug-likeness (QED) is 0.442. The topological polar surface area (TPSA) is 125 Å². The van der Waals surface area contributed by atoms with Crippen LogP contribution in [-0.2, 0) is 33.9 Å². The second kappa shape index (κ2) is 10.4. The summed E-state index contributed by atoms with van der Waals surface area (Å²) in [6.45, 7) is 0.668. The molecule has 0 aliphatic carbocycles. The number of alkyl halides is 3. The van der Waals surface area contributed by atoms with E-state index >= 15 is 0 Å². The Bertz CT molecular complexity index is 1490. The number of anilines is 1. The molecule has 1 aromatic carbocycles. The Kier molecular flexibility index (Phi) is 7.46. The molecule has 3 aromatic rings. The van der Waals surface area contributed by atoms with Crippen molar-refractivity contribution in [3.8, 4) is 10.4 Å². The van der Waals surface area contributed by atoms with Crippen molar-refractivity contribution in [2.45, 2.75) is 39.0 Å². The van der Waals surface area contributed by atoms with Gasteiger partial charge in [-0.25, -0.2) is 9.59 Å². The summed E-state index contributed by atoms with van der Waals surface area (Å²) in [5.74, 6) is -3.27. The number of halogens is 5. The monoisotopic (exact) mass is 558 g/mol. The van der Waals surface area contributed by atoms with Gasteiger partial charge in [-0.05, 0) is 64.7 Å². The van der Waals surface area contributed by atoms with Gasteiger partial charge in [0.25, 0.3) is 12.0 Å². The summed E-state index contributed by atoms with van der Waals surface area (Å²) >= 11 is 1.30. The molecule has 0 saturated heterocycles. The molecule has 0 fully saturated rings. The molecular formula is C22H19F5N6O4S. The zero-order valence-electron chi connectivity index (χ0n) is 19.6. The number of hydroxylamine groups is 1. The van der Waals surface area contributed by atoms with E-state index in [2.05, 4.69) is 15.3 Å². The molecule has 202 valence electrons. The minimum atomic E-state index is -5.26. The Morgan fingerprint density at radius 3 is 2.50 bits per heavy atom. The van der Waals surface area contributed by atoms with Gasteiger partial charge in [-0.15, -0.1) is 16.4 Å². The first kappa shape index (κ1) is 27.1. The zero-order valence-corrected chi connectivity index (χ0v) is 20.4. The lowest BCUT2D eigenvalue weighted by Gasteiger charge is -2.29. The van der Waals surface area contributed by atoms with Crippen molar-refractivity contribution in [3.05, 3.63) is 62.4 Å². The molecule has 0 atom stereocenters. The summed E-state index contributed by atoms with van der Waals surface area (Å²) in [5, 5.41) is 7.73. The largest absolute Gasteiger partial charge is 0.493 e. The Morgan fingerprint density at radius 2 is 1.84 bits per heavy atom. The van der Waals surface area contributed by atoms with E-state index in [0.29, 0.717) is 26.6 Å². The lowest BCUT2D eigenvalue weighted by Crippen LogP contribution is -2.41. The number of carbonyl (C=O) groups is 2. The SMILES string of the molecule is Cc1cc(-c2ccc(Cn3nnn(CC(CN)=C(F)F)c3=O)s2)cc2c1N(OC(=O)C(F)(F)F)C(=O)CC2. The van der Waals surface area contributed by atoms with E-state index in [-0.39, 0.29) is 25.1 Å². The van der Waals surface area contributed by atoms with E-state index in [1.54, 1.807) is 31.2 Å². The number of tetrazole rings is 1. The standard InChI is InChI=1S/C22H19F5N6O4S/c1-11-6-13(7-12-2-5-17(34)33(18(11)12)37-20(35)22(25,26)27)16-4-3-15(38-16)10-32-21(36)31(29-30-32)9-14(8-28)19(23)24/h3-4,6-7H,2,5,8-10,28H2,1H3. The number of benzene rings is 1. The number of rotatable bonds is 7. The van der Waals surface area contributed by atoms with Gasteiger partial charge in [0.1, 0.15) is 0 Å². The maximum Gasteiger partial charge on any atom is 0.493 e. The number of fused-ring (bicyclic) bond motifs is 1. The summed E-state index contributed by atoms with van der Waals surface area (Å²) < 4.78 is 65.6. The van der Waals surface area contributed by atoms with Crippen molar-refractivity contribution < 1.29 is 36.4 Å². The third-order valence-electron chi connectivity index (χ3n) is 5.63. The van der Waals surface area contributed by atoms with Gasteiger partial charge in [-0.3, -0.25) is 4.79 Å². The highest BCUT2D eigenvalue weighted by Gasteiger charge is 2.44. The number of nitrogens with zero attached hydrogens (tertiary/aromatic N) is 5. The molecule has 0 bridgehead atoms. The van der Waals surface area contributed by atoms with Crippen LogP contribution in [0.15, 0.2) is 40.7 Å². The first-order valence-corrected chi connectivity index (χ1v) is 11.8. The van der Waals surface area contributed by atoms with E-state index in [4.69, 9.17) is 5.73 Å². The van der Waals surface area contributed by atoms with Gasteiger partial charge >= 0.3 is 17.8 Å². The molecule has 1 aliphatic rings. The number of hydrogen-bond donors (Lipinski definition) is 1. The molecule has 0 radical (unpaired) electrons. The van der Waals surface area contributed by atoms with E-state index < -0.39 is 48.5 Å². The van der Waals surface area contributed by atoms with Gasteiger partial charge in [0, 0.05) is 28.3 Å². The molecule has 16 heteroatoms. The predicted molar refractivity (Wildman–Crippen MR) is 124 cm³/mol. The number of thiophene rings is 1.